The highest BCUT2D eigenvalue weighted by atomic mass is 32.2. The third kappa shape index (κ3) is 5.26. The molecule has 2 rings (SSSR count). The molecular formula is C14H19N3O3S. The smallest absolute Gasteiger partial charge is 0.354 e. The lowest BCUT2D eigenvalue weighted by Gasteiger charge is -2.21. The first-order valence-corrected chi connectivity index (χ1v) is 8.08. The first-order valence-electron chi connectivity index (χ1n) is 6.93. The van der Waals surface area contributed by atoms with Gasteiger partial charge in [0.15, 0.2) is 0 Å². The largest absolute Gasteiger partial charge is 0.477 e. The average Bonchev–Trinajstić information content (AvgIpc) is 2.52. The second-order valence-corrected chi connectivity index (χ2v) is 6.20. The van der Waals surface area contributed by atoms with E-state index in [-0.39, 0.29) is 11.7 Å². The molecule has 0 aromatic carbocycles. The highest BCUT2D eigenvalue weighted by Gasteiger charge is 2.14. The number of aromatic carboxylic acids is 1. The second kappa shape index (κ2) is 7.87. The Bertz CT molecular complexity index is 487. The molecule has 0 atom stereocenters. The van der Waals surface area contributed by atoms with E-state index < -0.39 is 5.97 Å². The molecule has 7 heteroatoms. The molecule has 1 aromatic heterocycles. The Morgan fingerprint density at radius 3 is 2.67 bits per heavy atom. The minimum atomic E-state index is -1.06. The molecule has 1 fully saturated rings. The number of carbonyl (C=O) groups is 2. The predicted molar refractivity (Wildman–Crippen MR) is 81.5 cm³/mol. The summed E-state index contributed by atoms with van der Waals surface area (Å²) in [6.45, 7) is 1.04. The van der Waals surface area contributed by atoms with Crippen molar-refractivity contribution >= 4 is 23.8 Å². The van der Waals surface area contributed by atoms with Crippen LogP contribution in [0, 0.1) is 5.92 Å². The number of rotatable bonds is 5. The van der Waals surface area contributed by atoms with Gasteiger partial charge in [-0.3, -0.25) is 0 Å². The molecule has 3 N–H and O–H groups in total. The maximum absolute atomic E-state index is 11.7. The van der Waals surface area contributed by atoms with Gasteiger partial charge in [-0.05, 0) is 41.9 Å². The summed E-state index contributed by atoms with van der Waals surface area (Å²) in [6.07, 6.45) is 3.78. The van der Waals surface area contributed by atoms with Crippen molar-refractivity contribution in [1.82, 2.24) is 15.6 Å². The molecule has 2 amide bonds. The van der Waals surface area contributed by atoms with Crippen LogP contribution in [0.25, 0.3) is 0 Å². The number of thioether (sulfide) groups is 1. The van der Waals surface area contributed by atoms with E-state index in [2.05, 4.69) is 15.6 Å². The van der Waals surface area contributed by atoms with Gasteiger partial charge in [-0.2, -0.15) is 11.8 Å². The summed E-state index contributed by atoms with van der Waals surface area (Å²) in [4.78, 5) is 26.2. The summed E-state index contributed by atoms with van der Waals surface area (Å²) in [5.41, 5.74) is 0.766. The van der Waals surface area contributed by atoms with Crippen LogP contribution < -0.4 is 10.6 Å². The van der Waals surface area contributed by atoms with Crippen molar-refractivity contribution in [3.05, 3.63) is 29.6 Å². The summed E-state index contributed by atoms with van der Waals surface area (Å²) in [5.74, 6) is 1.87. The highest BCUT2D eigenvalue weighted by molar-refractivity contribution is 7.99. The lowest BCUT2D eigenvalue weighted by Crippen LogP contribution is -2.38. The van der Waals surface area contributed by atoms with Crippen molar-refractivity contribution in [3.63, 3.8) is 0 Å². The Morgan fingerprint density at radius 2 is 2.05 bits per heavy atom. The van der Waals surface area contributed by atoms with Crippen molar-refractivity contribution in [2.45, 2.75) is 19.4 Å². The molecule has 1 aromatic rings. The zero-order chi connectivity index (χ0) is 15.1. The minimum absolute atomic E-state index is 0.00151. The van der Waals surface area contributed by atoms with E-state index in [4.69, 9.17) is 5.11 Å². The topological polar surface area (TPSA) is 91.3 Å². The SMILES string of the molecule is O=C(NCc1ccc(C(=O)O)nc1)NCC1CCSCC1. The van der Waals surface area contributed by atoms with Gasteiger partial charge in [-0.15, -0.1) is 0 Å². The summed E-state index contributed by atoms with van der Waals surface area (Å²) >= 11 is 1.97. The minimum Gasteiger partial charge on any atom is -0.477 e. The van der Waals surface area contributed by atoms with E-state index in [9.17, 15) is 9.59 Å². The van der Waals surface area contributed by atoms with Crippen molar-refractivity contribution in [3.8, 4) is 0 Å². The molecule has 21 heavy (non-hydrogen) atoms. The van der Waals surface area contributed by atoms with Crippen molar-refractivity contribution < 1.29 is 14.7 Å². The van der Waals surface area contributed by atoms with Crippen LogP contribution in [0.3, 0.4) is 0 Å². The number of carbonyl (C=O) groups excluding carboxylic acids is 1. The van der Waals surface area contributed by atoms with E-state index in [1.807, 2.05) is 11.8 Å². The fourth-order valence-corrected chi connectivity index (χ4v) is 3.29. The van der Waals surface area contributed by atoms with Gasteiger partial charge < -0.3 is 15.7 Å². The number of hydrogen-bond acceptors (Lipinski definition) is 4. The Hall–Kier alpha value is -1.76. The molecule has 1 aliphatic rings. The molecule has 0 unspecified atom stereocenters. The number of nitrogens with one attached hydrogen (secondary N) is 2. The van der Waals surface area contributed by atoms with Crippen molar-refractivity contribution in [2.75, 3.05) is 18.1 Å². The van der Waals surface area contributed by atoms with Crippen LogP contribution in [0.4, 0.5) is 4.79 Å². The Labute approximate surface area is 127 Å². The lowest BCUT2D eigenvalue weighted by molar-refractivity contribution is 0.0690. The zero-order valence-corrected chi connectivity index (χ0v) is 12.5. The van der Waals surface area contributed by atoms with Crippen LogP contribution >= 0.6 is 11.8 Å². The van der Waals surface area contributed by atoms with Gasteiger partial charge in [-0.25, -0.2) is 14.6 Å². The number of nitrogens with zero attached hydrogens (tertiary/aromatic N) is 1. The van der Waals surface area contributed by atoms with Crippen LogP contribution in [0.5, 0.6) is 0 Å². The van der Waals surface area contributed by atoms with Crippen LogP contribution in [-0.2, 0) is 6.54 Å². The fraction of sp³-hybridized carbons (Fsp3) is 0.500. The molecule has 114 valence electrons. The zero-order valence-electron chi connectivity index (χ0n) is 11.7. The lowest BCUT2D eigenvalue weighted by atomic mass is 10.0. The summed E-state index contributed by atoms with van der Waals surface area (Å²) in [6, 6.07) is 2.88. The van der Waals surface area contributed by atoms with Gasteiger partial charge in [0.1, 0.15) is 5.69 Å². The molecular weight excluding hydrogens is 290 g/mol. The van der Waals surface area contributed by atoms with Crippen LogP contribution in [-0.4, -0.2) is 40.1 Å². The van der Waals surface area contributed by atoms with E-state index in [1.54, 1.807) is 6.07 Å². The number of pyridine rings is 1. The number of urea groups is 1. The van der Waals surface area contributed by atoms with Crippen molar-refractivity contribution in [2.24, 2.45) is 5.92 Å². The van der Waals surface area contributed by atoms with E-state index in [1.165, 1.54) is 23.8 Å². The van der Waals surface area contributed by atoms with E-state index in [0.29, 0.717) is 19.0 Å². The number of hydrogen-bond donors (Lipinski definition) is 3. The molecule has 0 aliphatic carbocycles. The third-order valence-corrected chi connectivity index (χ3v) is 4.44. The van der Waals surface area contributed by atoms with Crippen molar-refractivity contribution in [1.29, 1.82) is 0 Å². The third-order valence-electron chi connectivity index (χ3n) is 3.39. The summed E-state index contributed by atoms with van der Waals surface area (Å²) < 4.78 is 0. The summed E-state index contributed by atoms with van der Waals surface area (Å²) in [7, 11) is 0. The number of aromatic nitrogens is 1. The first-order chi connectivity index (χ1) is 10.1. The van der Waals surface area contributed by atoms with Gasteiger partial charge in [0.05, 0.1) is 0 Å². The van der Waals surface area contributed by atoms with Gasteiger partial charge in [-0.1, -0.05) is 6.07 Å². The molecule has 0 radical (unpaired) electrons. The monoisotopic (exact) mass is 309 g/mol. The fourth-order valence-electron chi connectivity index (χ4n) is 2.09. The van der Waals surface area contributed by atoms with Crippen LogP contribution in [0.15, 0.2) is 18.3 Å². The van der Waals surface area contributed by atoms with Gasteiger partial charge in [0.25, 0.3) is 0 Å². The standard InChI is InChI=1S/C14H19N3O3S/c18-13(19)12-2-1-11(8-15-12)9-17-14(20)16-7-10-3-5-21-6-4-10/h1-2,8,10H,3-7,9H2,(H,18,19)(H2,16,17,20). The van der Waals surface area contributed by atoms with E-state index >= 15 is 0 Å². The summed E-state index contributed by atoms with van der Waals surface area (Å²) in [5, 5.41) is 14.4. The maximum atomic E-state index is 11.7. The molecule has 6 nitrogen and oxygen atoms in total. The molecule has 0 bridgehead atoms. The first kappa shape index (κ1) is 15.6. The quantitative estimate of drug-likeness (QED) is 0.770. The predicted octanol–water partition coefficient (Wildman–Crippen LogP) is 1.72. The second-order valence-electron chi connectivity index (χ2n) is 4.98. The Kier molecular flexibility index (Phi) is 5.86. The van der Waals surface area contributed by atoms with Crippen LogP contribution in [0.2, 0.25) is 0 Å². The van der Waals surface area contributed by atoms with Crippen LogP contribution in [0.1, 0.15) is 28.9 Å². The maximum Gasteiger partial charge on any atom is 0.354 e. The molecule has 2 heterocycles. The highest BCUT2D eigenvalue weighted by Crippen LogP contribution is 2.21. The Morgan fingerprint density at radius 1 is 1.29 bits per heavy atom. The molecule has 0 spiro atoms. The number of carboxylic acid groups (broad SMARTS) is 1. The molecule has 1 saturated heterocycles. The van der Waals surface area contributed by atoms with Gasteiger partial charge >= 0.3 is 12.0 Å². The molecule has 1 aliphatic heterocycles. The number of carboxylic acids is 1. The molecule has 0 saturated carbocycles. The normalized spacial score (nSPS) is 15.4. The van der Waals surface area contributed by atoms with E-state index in [0.717, 1.165) is 18.4 Å². The number of amides is 2. The Balaban J connectivity index is 1.69. The van der Waals surface area contributed by atoms with Gasteiger partial charge in [0.2, 0.25) is 0 Å². The average molecular weight is 309 g/mol. The van der Waals surface area contributed by atoms with Gasteiger partial charge in [0, 0.05) is 19.3 Å².